The minimum atomic E-state index is 0.209. The van der Waals surface area contributed by atoms with Crippen molar-refractivity contribution < 1.29 is 4.74 Å². The molecule has 1 saturated heterocycles. The van der Waals surface area contributed by atoms with Gasteiger partial charge in [0.1, 0.15) is 0 Å². The number of rotatable bonds is 7. The molecule has 1 fully saturated rings. The molecule has 3 heteroatoms. The molecule has 1 rings (SSSR count). The van der Waals surface area contributed by atoms with E-state index >= 15 is 0 Å². The zero-order valence-electron chi connectivity index (χ0n) is 12.7. The molecule has 2 unspecified atom stereocenters. The zero-order chi connectivity index (χ0) is 13.6. The smallest absolute Gasteiger partial charge is 0.0724 e. The molecule has 1 aliphatic rings. The highest BCUT2D eigenvalue weighted by molar-refractivity contribution is 4.95. The topological polar surface area (TPSA) is 38.5 Å². The van der Waals surface area contributed by atoms with Gasteiger partial charge in [0.05, 0.1) is 6.10 Å². The highest BCUT2D eigenvalue weighted by Gasteiger charge is 2.38. The molecule has 3 nitrogen and oxygen atoms in total. The van der Waals surface area contributed by atoms with Gasteiger partial charge in [0, 0.05) is 25.7 Å². The normalized spacial score (nSPS) is 26.5. The van der Waals surface area contributed by atoms with Gasteiger partial charge in [-0.3, -0.25) is 4.90 Å². The molecule has 0 aromatic rings. The van der Waals surface area contributed by atoms with Crippen LogP contribution in [0.5, 0.6) is 0 Å². The third-order valence-electron chi connectivity index (χ3n) is 4.67. The van der Waals surface area contributed by atoms with Crippen LogP contribution in [-0.4, -0.2) is 43.3 Å². The van der Waals surface area contributed by atoms with Gasteiger partial charge in [0.25, 0.3) is 0 Å². The second-order valence-electron chi connectivity index (χ2n) is 5.91. The Hall–Kier alpha value is -0.120. The molecule has 1 heterocycles. The molecule has 18 heavy (non-hydrogen) atoms. The summed E-state index contributed by atoms with van der Waals surface area (Å²) in [6, 6.07) is 0. The molecule has 0 aliphatic carbocycles. The van der Waals surface area contributed by atoms with E-state index in [1.54, 1.807) is 0 Å². The van der Waals surface area contributed by atoms with Gasteiger partial charge >= 0.3 is 0 Å². The Kier molecular flexibility index (Phi) is 6.61. The van der Waals surface area contributed by atoms with Gasteiger partial charge in [-0.2, -0.15) is 0 Å². The minimum Gasteiger partial charge on any atom is -0.380 e. The van der Waals surface area contributed by atoms with Crippen LogP contribution in [0.25, 0.3) is 0 Å². The average Bonchev–Trinajstić information content (AvgIpc) is 2.39. The molecular formula is C15H32N2O. The molecule has 0 aromatic carbocycles. The Morgan fingerprint density at radius 1 is 1.28 bits per heavy atom. The number of methoxy groups -OCH3 is 1. The standard InChI is InChI=1S/C15H32N2O/c1-5-8-15(12-16,9-6-2)17-10-7-13(3)14(11-17)18-4/h13-14H,5-12,16H2,1-4H3. The van der Waals surface area contributed by atoms with E-state index in [1.807, 2.05) is 7.11 Å². The van der Waals surface area contributed by atoms with Crippen LogP contribution in [0.1, 0.15) is 52.9 Å². The van der Waals surface area contributed by atoms with Crippen molar-refractivity contribution >= 4 is 0 Å². The molecule has 0 bridgehead atoms. The molecule has 0 saturated carbocycles. The van der Waals surface area contributed by atoms with E-state index in [2.05, 4.69) is 25.7 Å². The summed E-state index contributed by atoms with van der Waals surface area (Å²) < 4.78 is 5.65. The lowest BCUT2D eigenvalue weighted by Gasteiger charge is -2.48. The van der Waals surface area contributed by atoms with Gasteiger partial charge in [0.2, 0.25) is 0 Å². The highest BCUT2D eigenvalue weighted by atomic mass is 16.5. The van der Waals surface area contributed by atoms with Crippen molar-refractivity contribution in [3.63, 3.8) is 0 Å². The first kappa shape index (κ1) is 15.9. The van der Waals surface area contributed by atoms with Crippen molar-refractivity contribution in [1.29, 1.82) is 0 Å². The maximum absolute atomic E-state index is 6.15. The number of piperidine rings is 1. The van der Waals surface area contributed by atoms with Crippen molar-refractivity contribution in [2.75, 3.05) is 26.7 Å². The summed E-state index contributed by atoms with van der Waals surface area (Å²) in [5.74, 6) is 0.671. The van der Waals surface area contributed by atoms with Crippen LogP contribution >= 0.6 is 0 Å². The third-order valence-corrected chi connectivity index (χ3v) is 4.67. The lowest BCUT2D eigenvalue weighted by atomic mass is 9.83. The van der Waals surface area contributed by atoms with Crippen LogP contribution in [-0.2, 0) is 4.74 Å². The highest BCUT2D eigenvalue weighted by Crippen LogP contribution is 2.31. The van der Waals surface area contributed by atoms with Crippen molar-refractivity contribution in [1.82, 2.24) is 4.90 Å². The van der Waals surface area contributed by atoms with Crippen molar-refractivity contribution in [3.8, 4) is 0 Å². The predicted octanol–water partition coefficient (Wildman–Crippen LogP) is 2.64. The fourth-order valence-corrected chi connectivity index (χ4v) is 3.48. The summed E-state index contributed by atoms with van der Waals surface area (Å²) in [4.78, 5) is 2.62. The molecule has 2 atom stereocenters. The molecule has 1 aliphatic heterocycles. The fraction of sp³-hybridized carbons (Fsp3) is 1.00. The quantitative estimate of drug-likeness (QED) is 0.761. The molecular weight excluding hydrogens is 224 g/mol. The van der Waals surface area contributed by atoms with Crippen LogP contribution in [0, 0.1) is 5.92 Å². The Bertz CT molecular complexity index is 227. The third kappa shape index (κ3) is 3.46. The second kappa shape index (κ2) is 7.46. The summed E-state index contributed by atoms with van der Waals surface area (Å²) in [6.45, 7) is 9.84. The summed E-state index contributed by atoms with van der Waals surface area (Å²) in [6.07, 6.45) is 6.44. The number of ether oxygens (including phenoxy) is 1. The summed E-state index contributed by atoms with van der Waals surface area (Å²) >= 11 is 0. The van der Waals surface area contributed by atoms with Gasteiger partial charge in [-0.15, -0.1) is 0 Å². The maximum atomic E-state index is 6.15. The fourth-order valence-electron chi connectivity index (χ4n) is 3.48. The van der Waals surface area contributed by atoms with Crippen LogP contribution in [0.15, 0.2) is 0 Å². The van der Waals surface area contributed by atoms with E-state index < -0.39 is 0 Å². The number of likely N-dealkylation sites (tertiary alicyclic amines) is 1. The number of hydrogen-bond acceptors (Lipinski definition) is 3. The Labute approximate surface area is 113 Å². The molecule has 0 amide bonds. The summed E-state index contributed by atoms with van der Waals surface area (Å²) in [5.41, 5.74) is 6.36. The monoisotopic (exact) mass is 256 g/mol. The van der Waals surface area contributed by atoms with Gasteiger partial charge in [-0.05, 0) is 31.7 Å². The first-order valence-electron chi connectivity index (χ1n) is 7.61. The van der Waals surface area contributed by atoms with E-state index in [4.69, 9.17) is 10.5 Å². The summed E-state index contributed by atoms with van der Waals surface area (Å²) in [5, 5.41) is 0. The summed E-state index contributed by atoms with van der Waals surface area (Å²) in [7, 11) is 1.84. The SMILES string of the molecule is CCCC(CN)(CCC)N1CCC(C)C(OC)C1. The van der Waals surface area contributed by atoms with Gasteiger partial charge in [-0.25, -0.2) is 0 Å². The Morgan fingerprint density at radius 3 is 2.33 bits per heavy atom. The molecule has 0 aromatic heterocycles. The predicted molar refractivity (Wildman–Crippen MR) is 77.8 cm³/mol. The maximum Gasteiger partial charge on any atom is 0.0724 e. The molecule has 0 spiro atoms. The van der Waals surface area contributed by atoms with E-state index in [-0.39, 0.29) is 5.54 Å². The van der Waals surface area contributed by atoms with E-state index in [0.29, 0.717) is 12.0 Å². The van der Waals surface area contributed by atoms with Crippen LogP contribution in [0.4, 0.5) is 0 Å². The van der Waals surface area contributed by atoms with Gasteiger partial charge < -0.3 is 10.5 Å². The zero-order valence-corrected chi connectivity index (χ0v) is 12.7. The van der Waals surface area contributed by atoms with Crippen molar-refractivity contribution in [2.24, 2.45) is 11.7 Å². The van der Waals surface area contributed by atoms with Crippen LogP contribution < -0.4 is 5.73 Å². The van der Waals surface area contributed by atoms with E-state index in [9.17, 15) is 0 Å². The van der Waals surface area contributed by atoms with Crippen molar-refractivity contribution in [3.05, 3.63) is 0 Å². The Morgan fingerprint density at radius 2 is 1.89 bits per heavy atom. The molecule has 108 valence electrons. The van der Waals surface area contributed by atoms with Gasteiger partial charge in [0.15, 0.2) is 0 Å². The first-order valence-corrected chi connectivity index (χ1v) is 7.61. The van der Waals surface area contributed by atoms with E-state index in [1.165, 1.54) is 38.6 Å². The Balaban J connectivity index is 2.78. The van der Waals surface area contributed by atoms with Crippen LogP contribution in [0.3, 0.4) is 0 Å². The molecule has 0 radical (unpaired) electrons. The molecule has 2 N–H and O–H groups in total. The average molecular weight is 256 g/mol. The lowest BCUT2D eigenvalue weighted by Crippen LogP contribution is -2.59. The number of nitrogens with two attached hydrogens (primary N) is 1. The van der Waals surface area contributed by atoms with Crippen molar-refractivity contribution in [2.45, 2.75) is 64.5 Å². The van der Waals surface area contributed by atoms with Gasteiger partial charge in [-0.1, -0.05) is 33.6 Å². The second-order valence-corrected chi connectivity index (χ2v) is 5.91. The first-order chi connectivity index (χ1) is 8.63. The number of hydrogen-bond donors (Lipinski definition) is 1. The lowest BCUT2D eigenvalue weighted by molar-refractivity contribution is -0.0498. The minimum absolute atomic E-state index is 0.209. The largest absolute Gasteiger partial charge is 0.380 e. The van der Waals surface area contributed by atoms with E-state index in [0.717, 1.165) is 13.1 Å². The number of nitrogens with zero attached hydrogens (tertiary/aromatic N) is 1. The van der Waals surface area contributed by atoms with Crippen LogP contribution in [0.2, 0.25) is 0 Å².